The van der Waals surface area contributed by atoms with Crippen LogP contribution in [-0.2, 0) is 6.42 Å². The first-order chi connectivity index (χ1) is 11.5. The largest absolute Gasteiger partial charge is 0.633 e. The molecule has 2 aliphatic rings. The normalized spacial score (nSPS) is 28.7. The van der Waals surface area contributed by atoms with Crippen LogP contribution in [0.1, 0.15) is 50.4 Å². The maximum absolute atomic E-state index is 12.4. The van der Waals surface area contributed by atoms with Crippen molar-refractivity contribution in [1.29, 1.82) is 0 Å². The van der Waals surface area contributed by atoms with Gasteiger partial charge < -0.3 is 14.8 Å². The number of nitrogens with zero attached hydrogens (tertiary/aromatic N) is 4. The molecule has 0 unspecified atom stereocenters. The third-order valence-corrected chi connectivity index (χ3v) is 5.69. The lowest BCUT2D eigenvalue weighted by atomic mass is 10.0. The molecule has 1 saturated carbocycles. The van der Waals surface area contributed by atoms with Gasteiger partial charge >= 0.3 is 0 Å². The van der Waals surface area contributed by atoms with E-state index >= 15 is 0 Å². The molecule has 3 heterocycles. The van der Waals surface area contributed by atoms with Gasteiger partial charge in [-0.25, -0.2) is 9.67 Å². The molecular formula is C17H25N5O2. The monoisotopic (exact) mass is 331 g/mol. The molecule has 0 radical (unpaired) electrons. The number of aromatic amines is 1. The molecule has 7 heteroatoms. The highest BCUT2D eigenvalue weighted by Gasteiger charge is 2.27. The zero-order valence-corrected chi connectivity index (χ0v) is 14.2. The van der Waals surface area contributed by atoms with E-state index in [1.54, 1.807) is 13.2 Å². The van der Waals surface area contributed by atoms with Crippen LogP contribution < -0.4 is 5.56 Å². The van der Waals surface area contributed by atoms with Crippen molar-refractivity contribution >= 4 is 11.0 Å². The highest BCUT2D eigenvalue weighted by Crippen LogP contribution is 2.29. The molecule has 1 aliphatic heterocycles. The predicted molar refractivity (Wildman–Crippen MR) is 91.4 cm³/mol. The molecule has 0 aromatic carbocycles. The topological polar surface area (TPSA) is 86.6 Å². The quantitative estimate of drug-likeness (QED) is 0.689. The molecule has 1 aliphatic carbocycles. The highest BCUT2D eigenvalue weighted by molar-refractivity contribution is 5.73. The van der Waals surface area contributed by atoms with Crippen LogP contribution in [0.4, 0.5) is 0 Å². The summed E-state index contributed by atoms with van der Waals surface area (Å²) in [6.07, 6.45) is 9.03. The third kappa shape index (κ3) is 2.98. The van der Waals surface area contributed by atoms with Gasteiger partial charge in [0.15, 0.2) is 5.65 Å². The number of hydrogen-bond donors (Lipinski definition) is 1. The summed E-state index contributed by atoms with van der Waals surface area (Å²) in [4.78, 5) is 20.0. The molecular weight excluding hydrogens is 306 g/mol. The number of nitrogens with one attached hydrogen (secondary N) is 1. The highest BCUT2D eigenvalue weighted by atomic mass is 16.5. The van der Waals surface area contributed by atoms with Crippen molar-refractivity contribution in [2.24, 2.45) is 5.92 Å². The Morgan fingerprint density at radius 3 is 2.71 bits per heavy atom. The van der Waals surface area contributed by atoms with Crippen molar-refractivity contribution in [2.45, 2.75) is 51.0 Å². The predicted octanol–water partition coefficient (Wildman–Crippen LogP) is 2.13. The second-order valence-electron chi connectivity index (χ2n) is 7.67. The average molecular weight is 331 g/mol. The Morgan fingerprint density at radius 2 is 2.00 bits per heavy atom. The standard InChI is InChI=1S/C17H25N5O2/c1-22(24)8-6-13(7-9-22)21-16-14(11-18-21)17(23)20-15(19-16)10-12-4-2-3-5-12/h11-13H,2-10H2,1H3,(H,19,20,23). The van der Waals surface area contributed by atoms with Crippen molar-refractivity contribution in [1.82, 2.24) is 19.7 Å². The number of rotatable bonds is 3. The smallest absolute Gasteiger partial charge is 0.262 e. The molecule has 2 aromatic heterocycles. The van der Waals surface area contributed by atoms with Crippen LogP contribution in [0.25, 0.3) is 11.0 Å². The van der Waals surface area contributed by atoms with Crippen LogP contribution in [-0.4, -0.2) is 44.5 Å². The van der Waals surface area contributed by atoms with Gasteiger partial charge in [-0.3, -0.25) is 4.79 Å². The van der Waals surface area contributed by atoms with Crippen LogP contribution in [0.15, 0.2) is 11.0 Å². The van der Waals surface area contributed by atoms with Crippen LogP contribution >= 0.6 is 0 Å². The summed E-state index contributed by atoms with van der Waals surface area (Å²) in [5, 5.41) is 17.0. The van der Waals surface area contributed by atoms with Crippen molar-refractivity contribution in [3.05, 3.63) is 27.6 Å². The fourth-order valence-corrected chi connectivity index (χ4v) is 4.18. The van der Waals surface area contributed by atoms with E-state index in [0.29, 0.717) is 30.0 Å². The Kier molecular flexibility index (Phi) is 3.92. The van der Waals surface area contributed by atoms with Gasteiger partial charge in [-0.1, -0.05) is 25.7 Å². The number of hydroxylamine groups is 3. The van der Waals surface area contributed by atoms with E-state index in [1.165, 1.54) is 25.7 Å². The third-order valence-electron chi connectivity index (χ3n) is 5.69. The minimum absolute atomic E-state index is 0.0977. The van der Waals surface area contributed by atoms with Gasteiger partial charge in [-0.05, 0) is 5.92 Å². The maximum Gasteiger partial charge on any atom is 0.262 e. The Balaban J connectivity index is 1.64. The summed E-state index contributed by atoms with van der Waals surface area (Å²) in [6.45, 7) is 1.17. The zero-order chi connectivity index (χ0) is 16.7. The van der Waals surface area contributed by atoms with Crippen LogP contribution in [0.5, 0.6) is 0 Å². The van der Waals surface area contributed by atoms with Crippen LogP contribution in [0.3, 0.4) is 0 Å². The first-order valence-corrected chi connectivity index (χ1v) is 9.04. The number of aromatic nitrogens is 4. The molecule has 24 heavy (non-hydrogen) atoms. The second kappa shape index (κ2) is 5.97. The number of quaternary nitrogens is 1. The summed E-state index contributed by atoms with van der Waals surface area (Å²) >= 11 is 0. The second-order valence-corrected chi connectivity index (χ2v) is 7.67. The Morgan fingerprint density at radius 1 is 1.29 bits per heavy atom. The molecule has 4 rings (SSSR count). The maximum atomic E-state index is 12.4. The molecule has 130 valence electrons. The number of likely N-dealkylation sites (tertiary alicyclic amines) is 1. The first kappa shape index (κ1) is 15.8. The molecule has 1 N–H and O–H groups in total. The molecule has 2 fully saturated rings. The van der Waals surface area contributed by atoms with Crippen LogP contribution in [0.2, 0.25) is 0 Å². The van der Waals surface area contributed by atoms with E-state index in [2.05, 4.69) is 10.1 Å². The first-order valence-electron chi connectivity index (χ1n) is 9.04. The molecule has 0 amide bonds. The SMILES string of the molecule is C[N+]1([O-])CCC(n2ncc3c(=O)[nH]c(CC4CCCC4)nc32)CC1. The van der Waals surface area contributed by atoms with Gasteiger partial charge in [0.1, 0.15) is 11.2 Å². The zero-order valence-electron chi connectivity index (χ0n) is 14.2. The van der Waals surface area contributed by atoms with E-state index in [9.17, 15) is 10.0 Å². The number of hydrogen-bond acceptors (Lipinski definition) is 4. The molecule has 2 aromatic rings. The molecule has 0 spiro atoms. The minimum Gasteiger partial charge on any atom is -0.633 e. The molecule has 7 nitrogen and oxygen atoms in total. The number of piperidine rings is 1. The summed E-state index contributed by atoms with van der Waals surface area (Å²) in [5.41, 5.74) is 0.582. The fraction of sp³-hybridized carbons (Fsp3) is 0.706. The van der Waals surface area contributed by atoms with E-state index in [0.717, 1.165) is 25.1 Å². The molecule has 1 saturated heterocycles. The number of fused-ring (bicyclic) bond motifs is 1. The van der Waals surface area contributed by atoms with Crippen molar-refractivity contribution < 1.29 is 4.65 Å². The number of H-pyrrole nitrogens is 1. The van der Waals surface area contributed by atoms with E-state index in [1.807, 2.05) is 4.68 Å². The van der Waals surface area contributed by atoms with Gasteiger partial charge in [0.05, 0.1) is 32.4 Å². The molecule has 0 bridgehead atoms. The summed E-state index contributed by atoms with van der Waals surface area (Å²) in [7, 11) is 1.72. The van der Waals surface area contributed by atoms with Gasteiger partial charge in [-0.15, -0.1) is 0 Å². The summed E-state index contributed by atoms with van der Waals surface area (Å²) in [6, 6.07) is 0.163. The van der Waals surface area contributed by atoms with Gasteiger partial charge in [-0.2, -0.15) is 5.10 Å². The van der Waals surface area contributed by atoms with Gasteiger partial charge in [0.2, 0.25) is 0 Å². The van der Waals surface area contributed by atoms with E-state index < -0.39 is 0 Å². The Labute approximate surface area is 140 Å². The Bertz CT molecular complexity index is 778. The fourth-order valence-electron chi connectivity index (χ4n) is 4.18. The molecule has 0 atom stereocenters. The summed E-state index contributed by atoms with van der Waals surface area (Å²) < 4.78 is 1.69. The van der Waals surface area contributed by atoms with Crippen molar-refractivity contribution in [3.63, 3.8) is 0 Å². The van der Waals surface area contributed by atoms with E-state index in [4.69, 9.17) is 4.98 Å². The lowest BCUT2D eigenvalue weighted by Gasteiger charge is -2.43. The van der Waals surface area contributed by atoms with Crippen LogP contribution in [0, 0.1) is 11.1 Å². The average Bonchev–Trinajstić information content (AvgIpc) is 3.17. The lowest BCUT2D eigenvalue weighted by molar-refractivity contribution is -0.866. The van der Waals surface area contributed by atoms with Gasteiger partial charge in [0.25, 0.3) is 5.56 Å². The lowest BCUT2D eigenvalue weighted by Crippen LogP contribution is -2.45. The van der Waals surface area contributed by atoms with Gasteiger partial charge in [0, 0.05) is 19.3 Å². The van der Waals surface area contributed by atoms with Crippen molar-refractivity contribution in [2.75, 3.05) is 20.1 Å². The van der Waals surface area contributed by atoms with E-state index in [-0.39, 0.29) is 16.2 Å². The summed E-state index contributed by atoms with van der Waals surface area (Å²) in [5.74, 6) is 1.41. The Hall–Kier alpha value is -1.73. The minimum atomic E-state index is -0.184. The van der Waals surface area contributed by atoms with Crippen molar-refractivity contribution in [3.8, 4) is 0 Å².